The number of rotatable bonds is 11. The normalized spacial score (nSPS) is 13.3. The summed E-state index contributed by atoms with van der Waals surface area (Å²) in [5, 5.41) is 14.4. The van der Waals surface area contributed by atoms with Crippen molar-refractivity contribution in [1.82, 2.24) is 5.32 Å². The lowest BCUT2D eigenvalue weighted by molar-refractivity contribution is -0.121. The van der Waals surface area contributed by atoms with E-state index in [0.717, 1.165) is 19.3 Å². The van der Waals surface area contributed by atoms with E-state index in [4.69, 9.17) is 10.9 Å². The molecule has 1 atom stereocenters. The fourth-order valence-corrected chi connectivity index (χ4v) is 1.98. The van der Waals surface area contributed by atoms with Crippen LogP contribution in [0.4, 0.5) is 0 Å². The summed E-state index contributed by atoms with van der Waals surface area (Å²) < 4.78 is 0. The molecule has 0 spiro atoms. The average Bonchev–Trinajstić information content (AvgIpc) is 2.41. The fourth-order valence-electron chi connectivity index (χ4n) is 1.98. The molecule has 0 saturated heterocycles. The monoisotopic (exact) mass is 271 g/mol. The number of hydrogen-bond acceptors (Lipinski definition) is 3. The summed E-state index contributed by atoms with van der Waals surface area (Å²) in [7, 11) is 0. The van der Waals surface area contributed by atoms with Crippen LogP contribution < -0.4 is 11.1 Å². The molecule has 0 saturated carbocycles. The van der Waals surface area contributed by atoms with Crippen LogP contribution in [0.25, 0.3) is 0 Å². The number of hydrogen-bond donors (Lipinski definition) is 3. The Hall–Kier alpha value is -1.26. The third-order valence-corrected chi connectivity index (χ3v) is 3.14. The lowest BCUT2D eigenvalue weighted by Gasteiger charge is -2.16. The lowest BCUT2D eigenvalue weighted by atomic mass is 10.1. The first-order valence-electron chi connectivity index (χ1n) is 7.42. The van der Waals surface area contributed by atoms with Gasteiger partial charge >= 0.3 is 0 Å². The molecular weight excluding hydrogens is 242 g/mol. The van der Waals surface area contributed by atoms with Gasteiger partial charge in [0, 0.05) is 6.42 Å². The average molecular weight is 271 g/mol. The highest BCUT2D eigenvalue weighted by molar-refractivity contribution is 5.89. The van der Waals surface area contributed by atoms with Crippen molar-refractivity contribution in [3.05, 3.63) is 0 Å². The van der Waals surface area contributed by atoms with Crippen LogP contribution in [0.15, 0.2) is 5.16 Å². The van der Waals surface area contributed by atoms with Gasteiger partial charge in [0.05, 0.1) is 6.04 Å². The Kier molecular flexibility index (Phi) is 11.0. The molecule has 0 radical (unpaired) electrons. The minimum Gasteiger partial charge on any atom is -0.409 e. The lowest BCUT2D eigenvalue weighted by Crippen LogP contribution is -2.44. The molecular formula is C14H29N3O2. The third kappa shape index (κ3) is 9.33. The molecule has 0 aromatic rings. The molecule has 0 aliphatic carbocycles. The molecule has 0 aromatic heterocycles. The van der Waals surface area contributed by atoms with E-state index in [-0.39, 0.29) is 17.8 Å². The summed E-state index contributed by atoms with van der Waals surface area (Å²) in [6.45, 7) is 4.19. The highest BCUT2D eigenvalue weighted by Gasteiger charge is 2.15. The molecule has 19 heavy (non-hydrogen) atoms. The molecule has 5 heteroatoms. The van der Waals surface area contributed by atoms with Crippen molar-refractivity contribution in [1.29, 1.82) is 0 Å². The molecule has 0 aliphatic rings. The van der Waals surface area contributed by atoms with Gasteiger partial charge in [0.1, 0.15) is 0 Å². The van der Waals surface area contributed by atoms with Gasteiger partial charge < -0.3 is 16.3 Å². The summed E-state index contributed by atoms with van der Waals surface area (Å²) in [5.41, 5.74) is 5.55. The Morgan fingerprint density at radius 2 is 1.79 bits per heavy atom. The Bertz CT molecular complexity index is 267. The molecule has 1 unspecified atom stereocenters. The summed E-state index contributed by atoms with van der Waals surface area (Å²) in [6.07, 6.45) is 9.04. The van der Waals surface area contributed by atoms with Gasteiger partial charge in [0.15, 0.2) is 5.84 Å². The second-order valence-corrected chi connectivity index (χ2v) is 4.95. The van der Waals surface area contributed by atoms with E-state index < -0.39 is 0 Å². The van der Waals surface area contributed by atoms with Gasteiger partial charge in [-0.3, -0.25) is 4.79 Å². The zero-order valence-corrected chi connectivity index (χ0v) is 12.3. The number of unbranched alkanes of at least 4 members (excludes halogenated alkanes) is 5. The van der Waals surface area contributed by atoms with Gasteiger partial charge in [-0.25, -0.2) is 0 Å². The van der Waals surface area contributed by atoms with Crippen molar-refractivity contribution < 1.29 is 10.0 Å². The summed E-state index contributed by atoms with van der Waals surface area (Å²) in [4.78, 5) is 11.7. The van der Waals surface area contributed by atoms with Crippen molar-refractivity contribution >= 4 is 11.7 Å². The Morgan fingerprint density at radius 1 is 1.16 bits per heavy atom. The van der Waals surface area contributed by atoms with Crippen molar-refractivity contribution in [2.45, 2.75) is 77.7 Å². The van der Waals surface area contributed by atoms with Gasteiger partial charge in [-0.1, -0.05) is 57.5 Å². The van der Waals surface area contributed by atoms with Crippen molar-refractivity contribution in [2.75, 3.05) is 0 Å². The van der Waals surface area contributed by atoms with Crippen molar-refractivity contribution in [3.8, 4) is 0 Å². The first-order chi connectivity index (χ1) is 9.15. The van der Waals surface area contributed by atoms with E-state index in [1.54, 1.807) is 0 Å². The number of amidine groups is 1. The molecule has 0 rings (SSSR count). The van der Waals surface area contributed by atoms with Crippen LogP contribution in [-0.4, -0.2) is 23.0 Å². The minimum absolute atomic E-state index is 0.0134. The topological polar surface area (TPSA) is 87.7 Å². The number of carbonyl (C=O) groups is 1. The predicted octanol–water partition coefficient (Wildman–Crippen LogP) is 2.77. The Balaban J connectivity index is 3.81. The van der Waals surface area contributed by atoms with Crippen LogP contribution in [0, 0.1) is 0 Å². The molecule has 0 bridgehead atoms. The van der Waals surface area contributed by atoms with Crippen LogP contribution in [0.2, 0.25) is 0 Å². The third-order valence-electron chi connectivity index (χ3n) is 3.14. The van der Waals surface area contributed by atoms with Gasteiger partial charge in [-0.05, 0) is 12.8 Å². The SMILES string of the molecule is CCCCCCCCC(=O)NC(CCC)C(N)=NO. The van der Waals surface area contributed by atoms with E-state index >= 15 is 0 Å². The van der Waals surface area contributed by atoms with Crippen LogP contribution in [-0.2, 0) is 4.79 Å². The van der Waals surface area contributed by atoms with Gasteiger partial charge in [0.25, 0.3) is 0 Å². The molecule has 0 aliphatic heterocycles. The smallest absolute Gasteiger partial charge is 0.220 e. The molecule has 112 valence electrons. The van der Waals surface area contributed by atoms with Crippen LogP contribution in [0.3, 0.4) is 0 Å². The van der Waals surface area contributed by atoms with E-state index in [1.807, 2.05) is 6.92 Å². The number of oxime groups is 1. The van der Waals surface area contributed by atoms with E-state index in [2.05, 4.69) is 17.4 Å². The molecule has 0 aromatic carbocycles. The summed E-state index contributed by atoms with van der Waals surface area (Å²) in [5.74, 6) is 0.0682. The van der Waals surface area contributed by atoms with E-state index in [9.17, 15) is 4.79 Å². The zero-order valence-electron chi connectivity index (χ0n) is 12.3. The van der Waals surface area contributed by atoms with Gasteiger partial charge in [-0.15, -0.1) is 0 Å². The predicted molar refractivity (Wildman–Crippen MR) is 78.2 cm³/mol. The number of carbonyl (C=O) groups excluding carboxylic acids is 1. The number of nitrogens with one attached hydrogen (secondary N) is 1. The summed E-state index contributed by atoms with van der Waals surface area (Å²) in [6, 6.07) is -0.345. The maximum absolute atomic E-state index is 11.7. The molecule has 0 heterocycles. The largest absolute Gasteiger partial charge is 0.409 e. The molecule has 1 amide bonds. The van der Waals surface area contributed by atoms with Gasteiger partial charge in [-0.2, -0.15) is 0 Å². The fraction of sp³-hybridized carbons (Fsp3) is 0.857. The quantitative estimate of drug-likeness (QED) is 0.177. The van der Waals surface area contributed by atoms with Gasteiger partial charge in [0.2, 0.25) is 5.91 Å². The maximum atomic E-state index is 11.7. The molecule has 4 N–H and O–H groups in total. The summed E-state index contributed by atoms with van der Waals surface area (Å²) >= 11 is 0. The van der Waals surface area contributed by atoms with Crippen LogP contribution in [0.5, 0.6) is 0 Å². The highest BCUT2D eigenvalue weighted by atomic mass is 16.4. The number of amides is 1. The second kappa shape index (κ2) is 11.8. The first-order valence-corrected chi connectivity index (χ1v) is 7.42. The van der Waals surface area contributed by atoms with E-state index in [1.165, 1.54) is 25.7 Å². The first kappa shape index (κ1) is 17.7. The maximum Gasteiger partial charge on any atom is 0.220 e. The number of nitrogens with zero attached hydrogens (tertiary/aromatic N) is 1. The molecule has 0 fully saturated rings. The van der Waals surface area contributed by atoms with Crippen molar-refractivity contribution in [3.63, 3.8) is 0 Å². The number of nitrogens with two attached hydrogens (primary N) is 1. The highest BCUT2D eigenvalue weighted by Crippen LogP contribution is 2.07. The Morgan fingerprint density at radius 3 is 2.37 bits per heavy atom. The van der Waals surface area contributed by atoms with Crippen molar-refractivity contribution in [2.24, 2.45) is 10.9 Å². The second-order valence-electron chi connectivity index (χ2n) is 4.95. The Labute approximate surface area is 116 Å². The van der Waals surface area contributed by atoms with Crippen LogP contribution >= 0.6 is 0 Å². The molecule has 5 nitrogen and oxygen atoms in total. The minimum atomic E-state index is -0.345. The zero-order chi connectivity index (χ0) is 14.5. The standard InChI is InChI=1S/C14H29N3O2/c1-3-5-6-7-8-9-11-13(18)16-12(10-4-2)14(15)17-19/h12,19H,3-11H2,1-2H3,(H2,15,17)(H,16,18). The van der Waals surface area contributed by atoms with Crippen LogP contribution in [0.1, 0.15) is 71.6 Å². The van der Waals surface area contributed by atoms with E-state index in [0.29, 0.717) is 12.8 Å².